The molecular formula is C10H9N3O7S2. The molecule has 0 atom stereocenters. The van der Waals surface area contributed by atoms with Crippen molar-refractivity contribution in [1.82, 2.24) is 0 Å². The lowest BCUT2D eigenvalue weighted by atomic mass is 9.93. The Labute approximate surface area is 124 Å². The van der Waals surface area contributed by atoms with Crippen LogP contribution in [-0.2, 0) is 20.2 Å². The van der Waals surface area contributed by atoms with Gasteiger partial charge in [-0.3, -0.25) is 13.9 Å². The predicted molar refractivity (Wildman–Crippen MR) is 75.5 cm³/mol. The standard InChI is InChI=1S/C10H9N3O7S2/c11-9-7(22(18,19)20)3-6(21(15,16)17)4-1-2-5(13-12)10(14)8(4)9/h1-3H,11-12H2,(H,15,16,17)(H,18,19,20)/b13-5+. The molecule has 0 fully saturated rings. The molecule has 0 unspecified atom stereocenters. The van der Waals surface area contributed by atoms with Gasteiger partial charge in [-0.2, -0.15) is 21.9 Å². The number of benzene rings is 1. The van der Waals surface area contributed by atoms with Gasteiger partial charge in [-0.25, -0.2) is 0 Å². The van der Waals surface area contributed by atoms with Gasteiger partial charge in [0.15, 0.2) is 0 Å². The van der Waals surface area contributed by atoms with Crippen molar-refractivity contribution >= 4 is 43.5 Å². The molecule has 22 heavy (non-hydrogen) atoms. The molecule has 1 aromatic rings. The van der Waals surface area contributed by atoms with Crippen molar-refractivity contribution in [2.24, 2.45) is 10.9 Å². The Morgan fingerprint density at radius 2 is 1.55 bits per heavy atom. The minimum atomic E-state index is -4.95. The zero-order valence-corrected chi connectivity index (χ0v) is 12.2. The van der Waals surface area contributed by atoms with Crippen LogP contribution in [0.4, 0.5) is 5.69 Å². The van der Waals surface area contributed by atoms with Crippen LogP contribution in [0.15, 0.2) is 27.0 Å². The Hall–Kier alpha value is -2.28. The van der Waals surface area contributed by atoms with Gasteiger partial charge >= 0.3 is 0 Å². The van der Waals surface area contributed by atoms with E-state index < -0.39 is 47.1 Å². The number of carbonyl (C=O) groups excluding carboxylic acids is 1. The summed E-state index contributed by atoms with van der Waals surface area (Å²) in [5, 5.41) is 3.15. The number of rotatable bonds is 2. The Morgan fingerprint density at radius 3 is 2.00 bits per heavy atom. The summed E-state index contributed by atoms with van der Waals surface area (Å²) in [4.78, 5) is 10.2. The highest BCUT2D eigenvalue weighted by Crippen LogP contribution is 2.34. The molecule has 0 spiro atoms. The third-order valence-electron chi connectivity index (χ3n) is 2.89. The number of anilines is 1. The van der Waals surface area contributed by atoms with Crippen LogP contribution in [0, 0.1) is 0 Å². The second kappa shape index (κ2) is 4.88. The van der Waals surface area contributed by atoms with Crippen molar-refractivity contribution in [1.29, 1.82) is 0 Å². The second-order valence-corrected chi connectivity index (χ2v) is 6.98. The number of hydrogen-bond donors (Lipinski definition) is 4. The van der Waals surface area contributed by atoms with Gasteiger partial charge in [0, 0.05) is 5.56 Å². The first-order valence-electron chi connectivity index (χ1n) is 5.40. The van der Waals surface area contributed by atoms with Crippen LogP contribution in [0.25, 0.3) is 6.08 Å². The number of nitrogen functional groups attached to an aromatic ring is 1. The summed E-state index contributed by atoms with van der Waals surface area (Å²) in [6.07, 6.45) is 2.15. The molecule has 0 amide bonds. The molecule has 0 radical (unpaired) electrons. The minimum Gasteiger partial charge on any atom is -0.397 e. The van der Waals surface area contributed by atoms with Gasteiger partial charge in [-0.15, -0.1) is 0 Å². The number of nitrogens with zero attached hydrogens (tertiary/aromatic N) is 1. The van der Waals surface area contributed by atoms with Crippen LogP contribution in [0.2, 0.25) is 0 Å². The summed E-state index contributed by atoms with van der Waals surface area (Å²) in [6, 6.07) is 0.459. The summed E-state index contributed by atoms with van der Waals surface area (Å²) >= 11 is 0. The van der Waals surface area contributed by atoms with Crippen LogP contribution >= 0.6 is 0 Å². The van der Waals surface area contributed by atoms with Crippen LogP contribution < -0.4 is 11.6 Å². The van der Waals surface area contributed by atoms with Crippen molar-refractivity contribution < 1.29 is 30.7 Å². The smallest absolute Gasteiger partial charge is 0.296 e. The van der Waals surface area contributed by atoms with Crippen molar-refractivity contribution in [3.05, 3.63) is 23.3 Å². The van der Waals surface area contributed by atoms with E-state index in [0.717, 1.165) is 12.2 Å². The van der Waals surface area contributed by atoms with Crippen LogP contribution in [0.1, 0.15) is 15.9 Å². The normalized spacial score (nSPS) is 16.8. The van der Waals surface area contributed by atoms with Gasteiger partial charge < -0.3 is 11.6 Å². The average molecular weight is 347 g/mol. The van der Waals surface area contributed by atoms with E-state index >= 15 is 0 Å². The molecule has 10 nitrogen and oxygen atoms in total. The molecule has 0 aliphatic heterocycles. The number of ketones is 1. The molecule has 1 aliphatic carbocycles. The number of allylic oxidation sites excluding steroid dienone is 1. The Balaban J connectivity index is 3.05. The SMILES string of the molecule is N/N=C1\C=Cc2c(S(=O)(=O)O)cc(S(=O)(=O)O)c(N)c2C1=O. The second-order valence-electron chi connectivity index (χ2n) is 4.20. The molecular weight excluding hydrogens is 338 g/mol. The highest BCUT2D eigenvalue weighted by atomic mass is 32.2. The minimum absolute atomic E-state index is 0.312. The molecule has 12 heteroatoms. The maximum absolute atomic E-state index is 12.1. The van der Waals surface area contributed by atoms with Crippen LogP contribution in [0.5, 0.6) is 0 Å². The van der Waals surface area contributed by atoms with Crippen molar-refractivity contribution in [3.8, 4) is 0 Å². The summed E-state index contributed by atoms with van der Waals surface area (Å²) in [5.41, 5.74) is 3.68. The van der Waals surface area contributed by atoms with Gasteiger partial charge in [0.2, 0.25) is 5.78 Å². The van der Waals surface area contributed by atoms with Gasteiger partial charge in [0.05, 0.1) is 11.3 Å². The van der Waals surface area contributed by atoms with Crippen molar-refractivity contribution in [2.75, 3.05) is 5.73 Å². The number of carbonyl (C=O) groups is 1. The van der Waals surface area contributed by atoms with E-state index in [1.54, 1.807) is 0 Å². The Kier molecular flexibility index (Phi) is 3.57. The first-order valence-corrected chi connectivity index (χ1v) is 8.28. The van der Waals surface area contributed by atoms with Gasteiger partial charge in [-0.1, -0.05) is 6.08 Å². The van der Waals surface area contributed by atoms with E-state index in [-0.39, 0.29) is 11.3 Å². The van der Waals surface area contributed by atoms with Gasteiger partial charge in [0.1, 0.15) is 15.5 Å². The summed E-state index contributed by atoms with van der Waals surface area (Å²) < 4.78 is 63.7. The van der Waals surface area contributed by atoms with E-state index in [1.165, 1.54) is 0 Å². The number of fused-ring (bicyclic) bond motifs is 1. The number of nitrogens with two attached hydrogens (primary N) is 2. The quantitative estimate of drug-likeness (QED) is 0.231. The lowest BCUT2D eigenvalue weighted by molar-refractivity contribution is 0.106. The Bertz CT molecular complexity index is 959. The predicted octanol–water partition coefficient (Wildman–Crippen LogP) is -0.714. The lowest BCUT2D eigenvalue weighted by Gasteiger charge is -2.17. The number of Topliss-reactive ketones (excluding diaryl/α,β-unsaturated/α-hetero) is 1. The molecule has 2 rings (SSSR count). The Morgan fingerprint density at radius 1 is 1.00 bits per heavy atom. The topological polar surface area (TPSA) is 190 Å². The molecule has 6 N–H and O–H groups in total. The number of hydrogen-bond acceptors (Lipinski definition) is 8. The van der Waals surface area contributed by atoms with Crippen LogP contribution in [0.3, 0.4) is 0 Å². The molecule has 0 heterocycles. The fourth-order valence-electron chi connectivity index (χ4n) is 1.97. The average Bonchev–Trinajstić information content (AvgIpc) is 2.36. The monoisotopic (exact) mass is 347 g/mol. The van der Waals surface area contributed by atoms with E-state index in [2.05, 4.69) is 5.10 Å². The van der Waals surface area contributed by atoms with Crippen molar-refractivity contribution in [3.63, 3.8) is 0 Å². The van der Waals surface area contributed by atoms with E-state index in [0.29, 0.717) is 6.07 Å². The van der Waals surface area contributed by atoms with E-state index in [9.17, 15) is 26.2 Å². The molecule has 1 aliphatic rings. The molecule has 118 valence electrons. The third-order valence-corrected chi connectivity index (χ3v) is 4.68. The third kappa shape index (κ3) is 2.48. The van der Waals surface area contributed by atoms with Crippen molar-refractivity contribution in [2.45, 2.75) is 9.79 Å². The molecule has 0 aromatic heterocycles. The molecule has 0 bridgehead atoms. The largest absolute Gasteiger partial charge is 0.397 e. The zero-order valence-electron chi connectivity index (χ0n) is 10.6. The van der Waals surface area contributed by atoms with Gasteiger partial charge in [0.25, 0.3) is 20.2 Å². The highest BCUT2D eigenvalue weighted by Gasteiger charge is 2.32. The molecule has 0 saturated carbocycles. The summed E-state index contributed by atoms with van der Waals surface area (Å²) in [6.45, 7) is 0. The first-order chi connectivity index (χ1) is 9.98. The van der Waals surface area contributed by atoms with Gasteiger partial charge in [-0.05, 0) is 12.1 Å². The lowest BCUT2D eigenvalue weighted by Crippen LogP contribution is -2.23. The summed E-state index contributed by atoms with van der Waals surface area (Å²) in [5.74, 6) is 4.04. The maximum Gasteiger partial charge on any atom is 0.296 e. The van der Waals surface area contributed by atoms with E-state index in [4.69, 9.17) is 16.1 Å². The fourth-order valence-corrected chi connectivity index (χ4v) is 3.41. The summed E-state index contributed by atoms with van der Waals surface area (Å²) in [7, 11) is -9.84. The maximum atomic E-state index is 12.1. The first kappa shape index (κ1) is 16.1. The molecule has 0 saturated heterocycles. The highest BCUT2D eigenvalue weighted by molar-refractivity contribution is 7.86. The molecule has 1 aromatic carbocycles. The van der Waals surface area contributed by atoms with Crippen LogP contribution in [-0.4, -0.2) is 37.4 Å². The van der Waals surface area contributed by atoms with E-state index in [1.807, 2.05) is 0 Å². The fraction of sp³-hybridized carbons (Fsp3) is 0. The number of hydrazone groups is 1. The zero-order chi connectivity index (χ0) is 16.9.